The number of hydrogen-bond donors (Lipinski definition) is 1. The molecule has 1 aromatic heterocycles. The highest BCUT2D eigenvalue weighted by molar-refractivity contribution is 7.14. The van der Waals surface area contributed by atoms with Crippen LogP contribution in [-0.4, -0.2) is 10.2 Å². The summed E-state index contributed by atoms with van der Waals surface area (Å²) in [5, 5.41) is 10.7. The predicted molar refractivity (Wildman–Crippen MR) is 87.6 cm³/mol. The molecule has 1 heterocycles. The van der Waals surface area contributed by atoms with Crippen LogP contribution in [0.2, 0.25) is 5.02 Å². The molecule has 1 unspecified atom stereocenters. The monoisotopic (exact) mass is 315 g/mol. The van der Waals surface area contributed by atoms with Gasteiger partial charge < -0.3 is 5.73 Å². The zero-order chi connectivity index (χ0) is 14.8. The van der Waals surface area contributed by atoms with Gasteiger partial charge in [-0.1, -0.05) is 65.4 Å². The number of rotatable bonds is 3. The first-order valence-corrected chi connectivity index (χ1v) is 7.75. The Labute approximate surface area is 132 Å². The van der Waals surface area contributed by atoms with Crippen LogP contribution in [0.4, 0.5) is 0 Å². The van der Waals surface area contributed by atoms with Gasteiger partial charge in [-0.3, -0.25) is 0 Å². The van der Waals surface area contributed by atoms with Crippen molar-refractivity contribution in [3.63, 3.8) is 0 Å². The van der Waals surface area contributed by atoms with E-state index in [0.717, 1.165) is 26.7 Å². The molecule has 0 aliphatic rings. The van der Waals surface area contributed by atoms with Crippen molar-refractivity contribution in [2.45, 2.75) is 13.0 Å². The zero-order valence-corrected chi connectivity index (χ0v) is 13.0. The van der Waals surface area contributed by atoms with Gasteiger partial charge in [-0.25, -0.2) is 0 Å². The quantitative estimate of drug-likeness (QED) is 0.787. The molecular weight excluding hydrogens is 302 g/mol. The molecule has 3 nitrogen and oxygen atoms in total. The number of halogens is 1. The second kappa shape index (κ2) is 5.93. The molecule has 2 aromatic carbocycles. The van der Waals surface area contributed by atoms with E-state index in [2.05, 4.69) is 10.2 Å². The molecule has 0 fully saturated rings. The van der Waals surface area contributed by atoms with E-state index < -0.39 is 0 Å². The SMILES string of the molecule is Cc1ccc(-c2nnc(C(N)c3ccccc3)s2)c(Cl)c1. The molecule has 1 atom stereocenters. The summed E-state index contributed by atoms with van der Waals surface area (Å²) >= 11 is 7.75. The van der Waals surface area contributed by atoms with Crippen molar-refractivity contribution in [2.24, 2.45) is 5.73 Å². The molecule has 0 aliphatic heterocycles. The predicted octanol–water partition coefficient (Wildman–Crippen LogP) is 4.22. The summed E-state index contributed by atoms with van der Waals surface area (Å²) in [6.45, 7) is 2.01. The zero-order valence-electron chi connectivity index (χ0n) is 11.5. The summed E-state index contributed by atoms with van der Waals surface area (Å²) in [6.07, 6.45) is 0. The third-order valence-corrected chi connectivity index (χ3v) is 4.57. The van der Waals surface area contributed by atoms with Crippen LogP contribution < -0.4 is 5.73 Å². The fourth-order valence-electron chi connectivity index (χ4n) is 2.07. The van der Waals surface area contributed by atoms with Crippen LogP contribution >= 0.6 is 22.9 Å². The van der Waals surface area contributed by atoms with Gasteiger partial charge in [0.1, 0.15) is 10.0 Å². The lowest BCUT2D eigenvalue weighted by molar-refractivity contribution is 0.831. The van der Waals surface area contributed by atoms with Gasteiger partial charge in [-0.15, -0.1) is 10.2 Å². The standard InChI is InChI=1S/C16H14ClN3S/c1-10-7-8-12(13(17)9-10)15-19-20-16(21-15)14(18)11-5-3-2-4-6-11/h2-9,14H,18H2,1H3. The average molecular weight is 316 g/mol. The van der Waals surface area contributed by atoms with Gasteiger partial charge in [0.25, 0.3) is 0 Å². The Hall–Kier alpha value is -1.75. The van der Waals surface area contributed by atoms with Crippen LogP contribution in [-0.2, 0) is 0 Å². The molecule has 0 spiro atoms. The van der Waals surface area contributed by atoms with Gasteiger partial charge in [0.2, 0.25) is 0 Å². The van der Waals surface area contributed by atoms with E-state index in [-0.39, 0.29) is 6.04 Å². The summed E-state index contributed by atoms with van der Waals surface area (Å²) < 4.78 is 0. The Morgan fingerprint density at radius 1 is 1.10 bits per heavy atom. The van der Waals surface area contributed by atoms with Crippen molar-refractivity contribution in [1.82, 2.24) is 10.2 Å². The molecule has 3 rings (SSSR count). The summed E-state index contributed by atoms with van der Waals surface area (Å²) in [7, 11) is 0. The molecule has 0 radical (unpaired) electrons. The minimum absolute atomic E-state index is 0.262. The lowest BCUT2D eigenvalue weighted by Crippen LogP contribution is -2.11. The minimum atomic E-state index is -0.262. The maximum absolute atomic E-state index is 6.28. The van der Waals surface area contributed by atoms with Crippen molar-refractivity contribution in [3.05, 3.63) is 69.7 Å². The van der Waals surface area contributed by atoms with Gasteiger partial charge >= 0.3 is 0 Å². The van der Waals surface area contributed by atoms with Crippen LogP contribution in [0.1, 0.15) is 22.2 Å². The summed E-state index contributed by atoms with van der Waals surface area (Å²) in [5.41, 5.74) is 9.28. The smallest absolute Gasteiger partial charge is 0.149 e. The van der Waals surface area contributed by atoms with E-state index in [1.807, 2.05) is 55.5 Å². The third kappa shape index (κ3) is 2.97. The van der Waals surface area contributed by atoms with Crippen molar-refractivity contribution in [3.8, 4) is 10.6 Å². The van der Waals surface area contributed by atoms with Crippen LogP contribution in [0.25, 0.3) is 10.6 Å². The molecule has 3 aromatic rings. The van der Waals surface area contributed by atoms with Crippen LogP contribution in [0.3, 0.4) is 0 Å². The minimum Gasteiger partial charge on any atom is -0.318 e. The molecule has 0 saturated carbocycles. The first kappa shape index (κ1) is 14.2. The molecule has 2 N–H and O–H groups in total. The highest BCUT2D eigenvalue weighted by Gasteiger charge is 2.16. The highest BCUT2D eigenvalue weighted by atomic mass is 35.5. The molecular formula is C16H14ClN3S. The maximum atomic E-state index is 6.28. The number of hydrogen-bond acceptors (Lipinski definition) is 4. The van der Waals surface area contributed by atoms with Crippen LogP contribution in [0.15, 0.2) is 48.5 Å². The first-order chi connectivity index (χ1) is 10.1. The van der Waals surface area contributed by atoms with E-state index in [4.69, 9.17) is 17.3 Å². The Kier molecular flexibility index (Phi) is 4.01. The Bertz CT molecular complexity index is 755. The van der Waals surface area contributed by atoms with Gasteiger partial charge in [0, 0.05) is 5.56 Å². The van der Waals surface area contributed by atoms with Gasteiger partial charge in [0.05, 0.1) is 11.1 Å². The normalized spacial score (nSPS) is 12.3. The van der Waals surface area contributed by atoms with Crippen molar-refractivity contribution < 1.29 is 0 Å². The van der Waals surface area contributed by atoms with E-state index in [9.17, 15) is 0 Å². The Morgan fingerprint density at radius 2 is 1.86 bits per heavy atom. The highest BCUT2D eigenvalue weighted by Crippen LogP contribution is 2.33. The molecule has 106 valence electrons. The summed E-state index contributed by atoms with van der Waals surface area (Å²) in [6, 6.07) is 15.5. The third-order valence-electron chi connectivity index (χ3n) is 3.22. The van der Waals surface area contributed by atoms with Gasteiger partial charge in [0.15, 0.2) is 0 Å². The van der Waals surface area contributed by atoms with E-state index in [1.54, 1.807) is 0 Å². The second-order valence-electron chi connectivity index (χ2n) is 4.82. The number of nitrogens with two attached hydrogens (primary N) is 1. The van der Waals surface area contributed by atoms with Gasteiger partial charge in [-0.05, 0) is 24.1 Å². The van der Waals surface area contributed by atoms with Crippen LogP contribution in [0.5, 0.6) is 0 Å². The molecule has 21 heavy (non-hydrogen) atoms. The topological polar surface area (TPSA) is 51.8 Å². The molecule has 0 aliphatic carbocycles. The number of aryl methyl sites for hydroxylation is 1. The molecule has 0 amide bonds. The van der Waals surface area contributed by atoms with E-state index >= 15 is 0 Å². The molecule has 0 saturated heterocycles. The molecule has 5 heteroatoms. The lowest BCUT2D eigenvalue weighted by Gasteiger charge is -2.07. The summed E-state index contributed by atoms with van der Waals surface area (Å²) in [4.78, 5) is 0. The fourth-order valence-corrected chi connectivity index (χ4v) is 3.36. The maximum Gasteiger partial charge on any atom is 0.149 e. The van der Waals surface area contributed by atoms with E-state index in [1.165, 1.54) is 11.3 Å². The number of nitrogens with zero attached hydrogens (tertiary/aromatic N) is 2. The van der Waals surface area contributed by atoms with Crippen molar-refractivity contribution in [2.75, 3.05) is 0 Å². The van der Waals surface area contributed by atoms with Crippen molar-refractivity contribution in [1.29, 1.82) is 0 Å². The van der Waals surface area contributed by atoms with E-state index in [0.29, 0.717) is 5.02 Å². The Morgan fingerprint density at radius 3 is 2.57 bits per heavy atom. The van der Waals surface area contributed by atoms with Gasteiger partial charge in [-0.2, -0.15) is 0 Å². The van der Waals surface area contributed by atoms with Crippen LogP contribution in [0, 0.1) is 6.92 Å². The molecule has 0 bridgehead atoms. The second-order valence-corrected chi connectivity index (χ2v) is 6.23. The fraction of sp³-hybridized carbons (Fsp3) is 0.125. The summed E-state index contributed by atoms with van der Waals surface area (Å²) in [5.74, 6) is 0. The average Bonchev–Trinajstić information content (AvgIpc) is 2.97. The largest absolute Gasteiger partial charge is 0.318 e. The first-order valence-electron chi connectivity index (χ1n) is 6.55. The number of benzene rings is 2. The lowest BCUT2D eigenvalue weighted by atomic mass is 10.1. The number of aromatic nitrogens is 2. The Balaban J connectivity index is 1.93. The van der Waals surface area contributed by atoms with Crippen molar-refractivity contribution >= 4 is 22.9 Å².